The predicted molar refractivity (Wildman–Crippen MR) is 89.3 cm³/mol. The van der Waals surface area contributed by atoms with E-state index in [1.807, 2.05) is 31.2 Å². The van der Waals surface area contributed by atoms with Gasteiger partial charge in [0, 0.05) is 12.1 Å². The minimum absolute atomic E-state index is 0.0622. The van der Waals surface area contributed by atoms with Crippen molar-refractivity contribution in [1.29, 1.82) is 5.26 Å². The molecule has 0 aromatic heterocycles. The van der Waals surface area contributed by atoms with Crippen LogP contribution in [0.1, 0.15) is 24.1 Å². The number of rotatable bonds is 5. The van der Waals surface area contributed by atoms with Gasteiger partial charge in [0.15, 0.2) is 6.61 Å². The van der Waals surface area contributed by atoms with Crippen molar-refractivity contribution in [2.45, 2.75) is 13.0 Å². The van der Waals surface area contributed by atoms with Gasteiger partial charge >= 0.3 is 0 Å². The summed E-state index contributed by atoms with van der Waals surface area (Å²) in [7, 11) is 1.73. The molecule has 23 heavy (non-hydrogen) atoms. The number of halogens is 1. The predicted octanol–water partition coefficient (Wildman–Crippen LogP) is 3.81. The molecule has 0 fully saturated rings. The number of hydrogen-bond acceptors (Lipinski definition) is 3. The second kappa shape index (κ2) is 7.66. The Morgan fingerprint density at radius 2 is 2.00 bits per heavy atom. The van der Waals surface area contributed by atoms with Crippen molar-refractivity contribution >= 4 is 17.5 Å². The number of ether oxygens (including phenoxy) is 1. The number of amides is 1. The van der Waals surface area contributed by atoms with Crippen LogP contribution in [0.5, 0.6) is 5.75 Å². The standard InChI is InChI=1S/C18H17ClN2O2/c1-13(15-4-3-5-16(19)10-15)21(2)18(22)12-23-17-8-6-14(11-20)7-9-17/h3-10,13H,12H2,1-2H3. The molecule has 118 valence electrons. The first-order valence-corrected chi connectivity index (χ1v) is 7.53. The fourth-order valence-corrected chi connectivity index (χ4v) is 2.28. The highest BCUT2D eigenvalue weighted by molar-refractivity contribution is 6.30. The second-order valence-electron chi connectivity index (χ2n) is 5.16. The Bertz CT molecular complexity index is 723. The summed E-state index contributed by atoms with van der Waals surface area (Å²) < 4.78 is 5.47. The summed E-state index contributed by atoms with van der Waals surface area (Å²) >= 11 is 5.99. The van der Waals surface area contributed by atoms with Crippen LogP contribution in [0.25, 0.3) is 0 Å². The molecule has 2 aromatic rings. The van der Waals surface area contributed by atoms with Crippen LogP contribution in [-0.2, 0) is 4.79 Å². The van der Waals surface area contributed by atoms with Gasteiger partial charge in [-0.05, 0) is 48.9 Å². The molecule has 0 bridgehead atoms. The van der Waals surface area contributed by atoms with E-state index >= 15 is 0 Å². The number of carbonyl (C=O) groups is 1. The van der Waals surface area contributed by atoms with Crippen molar-refractivity contribution in [3.8, 4) is 11.8 Å². The monoisotopic (exact) mass is 328 g/mol. The number of nitriles is 1. The van der Waals surface area contributed by atoms with Crippen molar-refractivity contribution in [3.05, 3.63) is 64.7 Å². The Morgan fingerprint density at radius 1 is 1.30 bits per heavy atom. The molecular formula is C18H17ClN2O2. The van der Waals surface area contributed by atoms with Crippen LogP contribution < -0.4 is 4.74 Å². The van der Waals surface area contributed by atoms with Gasteiger partial charge in [-0.1, -0.05) is 23.7 Å². The van der Waals surface area contributed by atoms with Crippen LogP contribution >= 0.6 is 11.6 Å². The molecule has 0 aliphatic carbocycles. The lowest BCUT2D eigenvalue weighted by molar-refractivity contribution is -0.134. The van der Waals surface area contributed by atoms with E-state index in [1.165, 1.54) is 0 Å². The lowest BCUT2D eigenvalue weighted by atomic mass is 10.1. The summed E-state index contributed by atoms with van der Waals surface area (Å²) in [5.41, 5.74) is 1.52. The molecule has 0 aliphatic heterocycles. The summed E-state index contributed by atoms with van der Waals surface area (Å²) in [6.07, 6.45) is 0. The van der Waals surface area contributed by atoms with Gasteiger partial charge < -0.3 is 9.64 Å². The average molecular weight is 329 g/mol. The highest BCUT2D eigenvalue weighted by Gasteiger charge is 2.18. The molecule has 0 radical (unpaired) electrons. The summed E-state index contributed by atoms with van der Waals surface area (Å²) in [6, 6.07) is 16.0. The van der Waals surface area contributed by atoms with E-state index in [1.54, 1.807) is 42.3 Å². The molecule has 0 N–H and O–H groups in total. The minimum atomic E-state index is -0.137. The quantitative estimate of drug-likeness (QED) is 0.838. The van der Waals surface area contributed by atoms with Gasteiger partial charge in [-0.25, -0.2) is 0 Å². The Labute approximate surface area is 140 Å². The zero-order valence-corrected chi connectivity index (χ0v) is 13.7. The number of carbonyl (C=O) groups excluding carboxylic acids is 1. The third kappa shape index (κ3) is 4.48. The molecule has 0 aliphatic rings. The van der Waals surface area contributed by atoms with E-state index in [4.69, 9.17) is 21.6 Å². The Balaban J connectivity index is 1.95. The van der Waals surface area contributed by atoms with Crippen LogP contribution in [-0.4, -0.2) is 24.5 Å². The minimum Gasteiger partial charge on any atom is -0.484 e. The maximum atomic E-state index is 12.3. The van der Waals surface area contributed by atoms with E-state index in [-0.39, 0.29) is 18.6 Å². The van der Waals surface area contributed by atoms with E-state index in [0.29, 0.717) is 16.3 Å². The summed E-state index contributed by atoms with van der Waals surface area (Å²) in [5, 5.41) is 9.39. The van der Waals surface area contributed by atoms with Crippen molar-refractivity contribution in [3.63, 3.8) is 0 Å². The van der Waals surface area contributed by atoms with Gasteiger partial charge in [0.2, 0.25) is 0 Å². The second-order valence-corrected chi connectivity index (χ2v) is 5.60. The largest absolute Gasteiger partial charge is 0.484 e. The van der Waals surface area contributed by atoms with E-state index in [2.05, 4.69) is 0 Å². The van der Waals surface area contributed by atoms with Crippen LogP contribution in [0, 0.1) is 11.3 Å². The van der Waals surface area contributed by atoms with Crippen molar-refractivity contribution < 1.29 is 9.53 Å². The molecule has 1 amide bonds. The summed E-state index contributed by atoms with van der Waals surface area (Å²) in [5.74, 6) is 0.419. The maximum absolute atomic E-state index is 12.3. The molecule has 2 aromatic carbocycles. The van der Waals surface area contributed by atoms with Gasteiger partial charge in [-0.3, -0.25) is 4.79 Å². The van der Waals surface area contributed by atoms with Gasteiger partial charge in [0.05, 0.1) is 17.7 Å². The van der Waals surface area contributed by atoms with Crippen molar-refractivity contribution in [2.24, 2.45) is 0 Å². The highest BCUT2D eigenvalue weighted by atomic mass is 35.5. The molecule has 1 unspecified atom stereocenters. The third-order valence-corrected chi connectivity index (χ3v) is 3.89. The number of nitrogens with zero attached hydrogens (tertiary/aromatic N) is 2. The molecule has 5 heteroatoms. The molecular weight excluding hydrogens is 312 g/mol. The van der Waals surface area contributed by atoms with Gasteiger partial charge in [-0.15, -0.1) is 0 Å². The van der Waals surface area contributed by atoms with Crippen LogP contribution in [0.15, 0.2) is 48.5 Å². The molecule has 0 saturated carbocycles. The zero-order valence-electron chi connectivity index (χ0n) is 13.0. The van der Waals surface area contributed by atoms with Crippen LogP contribution in [0.2, 0.25) is 5.02 Å². The fourth-order valence-electron chi connectivity index (χ4n) is 2.08. The van der Waals surface area contributed by atoms with Gasteiger partial charge in [0.1, 0.15) is 5.75 Å². The summed E-state index contributed by atoms with van der Waals surface area (Å²) in [4.78, 5) is 13.9. The van der Waals surface area contributed by atoms with E-state index < -0.39 is 0 Å². The molecule has 0 spiro atoms. The average Bonchev–Trinajstić information content (AvgIpc) is 2.58. The molecule has 0 saturated heterocycles. The maximum Gasteiger partial charge on any atom is 0.260 e. The molecule has 1 atom stereocenters. The number of hydrogen-bond donors (Lipinski definition) is 0. The van der Waals surface area contributed by atoms with Crippen LogP contribution in [0.4, 0.5) is 0 Å². The van der Waals surface area contributed by atoms with Crippen molar-refractivity contribution in [2.75, 3.05) is 13.7 Å². The highest BCUT2D eigenvalue weighted by Crippen LogP contribution is 2.22. The SMILES string of the molecule is CC(c1cccc(Cl)c1)N(C)C(=O)COc1ccc(C#N)cc1. The Morgan fingerprint density at radius 3 is 2.61 bits per heavy atom. The zero-order chi connectivity index (χ0) is 16.8. The molecule has 0 heterocycles. The third-order valence-electron chi connectivity index (χ3n) is 3.65. The fraction of sp³-hybridized carbons (Fsp3) is 0.222. The van der Waals surface area contributed by atoms with Gasteiger partial charge in [-0.2, -0.15) is 5.26 Å². The lowest BCUT2D eigenvalue weighted by Crippen LogP contribution is -2.33. The van der Waals surface area contributed by atoms with Gasteiger partial charge in [0.25, 0.3) is 5.91 Å². The Hall–Kier alpha value is -2.51. The molecule has 4 nitrogen and oxygen atoms in total. The summed E-state index contributed by atoms with van der Waals surface area (Å²) in [6.45, 7) is 1.87. The first-order valence-electron chi connectivity index (χ1n) is 7.15. The normalized spacial score (nSPS) is 11.4. The number of likely N-dealkylation sites (N-methyl/N-ethyl adjacent to an activating group) is 1. The first kappa shape index (κ1) is 16.9. The smallest absolute Gasteiger partial charge is 0.260 e. The van der Waals surface area contributed by atoms with E-state index in [0.717, 1.165) is 5.56 Å². The lowest BCUT2D eigenvalue weighted by Gasteiger charge is -2.25. The Kier molecular flexibility index (Phi) is 5.61. The van der Waals surface area contributed by atoms with E-state index in [9.17, 15) is 4.79 Å². The topological polar surface area (TPSA) is 53.3 Å². The first-order chi connectivity index (χ1) is 11.0. The van der Waals surface area contributed by atoms with Crippen LogP contribution in [0.3, 0.4) is 0 Å². The molecule has 2 rings (SSSR count). The van der Waals surface area contributed by atoms with Crippen molar-refractivity contribution in [1.82, 2.24) is 4.90 Å². The number of benzene rings is 2.